The van der Waals surface area contributed by atoms with Gasteiger partial charge in [0.05, 0.1) is 6.54 Å². The van der Waals surface area contributed by atoms with Crippen LogP contribution in [-0.2, 0) is 13.1 Å². The molecule has 5 nitrogen and oxygen atoms in total. The number of nitrogens with one attached hydrogen (secondary N) is 2. The number of aryl methyl sites for hydroxylation is 1. The minimum atomic E-state index is -0.0226. The lowest BCUT2D eigenvalue weighted by Crippen LogP contribution is -2.07. The highest BCUT2D eigenvalue weighted by molar-refractivity contribution is 7.07. The second kappa shape index (κ2) is 4.31. The molecule has 0 unspecified atom stereocenters. The molecule has 2 N–H and O–H groups in total. The predicted molar refractivity (Wildman–Crippen MR) is 60.2 cm³/mol. The number of imidazole rings is 1. The third-order valence-electron chi connectivity index (χ3n) is 2.06. The maximum absolute atomic E-state index is 10.9. The van der Waals surface area contributed by atoms with Crippen LogP contribution in [0.4, 0.5) is 5.95 Å². The molecule has 0 aliphatic heterocycles. The molecule has 15 heavy (non-hydrogen) atoms. The summed E-state index contributed by atoms with van der Waals surface area (Å²) in [4.78, 5) is 17.8. The molecule has 2 heterocycles. The van der Waals surface area contributed by atoms with Crippen LogP contribution in [0.3, 0.4) is 0 Å². The van der Waals surface area contributed by atoms with Gasteiger partial charge in [-0.1, -0.05) is 11.3 Å². The van der Waals surface area contributed by atoms with E-state index < -0.39 is 0 Å². The van der Waals surface area contributed by atoms with Gasteiger partial charge in [-0.25, -0.2) is 4.98 Å². The Balaban J connectivity index is 2.01. The molecule has 0 aromatic carbocycles. The Morgan fingerprint density at radius 2 is 2.53 bits per heavy atom. The van der Waals surface area contributed by atoms with E-state index in [-0.39, 0.29) is 4.87 Å². The van der Waals surface area contributed by atoms with Crippen molar-refractivity contribution in [3.8, 4) is 0 Å². The van der Waals surface area contributed by atoms with Crippen molar-refractivity contribution in [3.05, 3.63) is 33.1 Å². The summed E-state index contributed by atoms with van der Waals surface area (Å²) in [6.07, 6.45) is 3.67. The second-order valence-corrected chi connectivity index (χ2v) is 3.91. The van der Waals surface area contributed by atoms with Crippen molar-refractivity contribution in [1.82, 2.24) is 14.5 Å². The first-order valence-electron chi connectivity index (χ1n) is 4.71. The minimum Gasteiger partial charge on any atom is -0.350 e. The van der Waals surface area contributed by atoms with Crippen molar-refractivity contribution in [2.45, 2.75) is 20.0 Å². The van der Waals surface area contributed by atoms with Crippen LogP contribution in [0.2, 0.25) is 0 Å². The largest absolute Gasteiger partial charge is 0.350 e. The molecule has 0 radical (unpaired) electrons. The molecule has 80 valence electrons. The lowest BCUT2D eigenvalue weighted by Gasteiger charge is -2.05. The summed E-state index contributed by atoms with van der Waals surface area (Å²) in [5.74, 6) is 0.824. The summed E-state index contributed by atoms with van der Waals surface area (Å²) < 4.78 is 2.00. The number of aromatic nitrogens is 3. The molecule has 0 aliphatic rings. The smallest absolute Gasteiger partial charge is 0.304 e. The third-order valence-corrected chi connectivity index (χ3v) is 2.78. The molecular formula is C9H12N4OS. The molecule has 0 spiro atoms. The van der Waals surface area contributed by atoms with E-state index in [0.29, 0.717) is 6.54 Å². The van der Waals surface area contributed by atoms with E-state index in [0.717, 1.165) is 18.2 Å². The summed E-state index contributed by atoms with van der Waals surface area (Å²) in [5, 5.41) is 4.98. The molecule has 2 aromatic heterocycles. The standard InChI is InChI=1S/C9H12N4OS/c1-2-13-4-3-10-8(13)11-5-7-6-15-9(14)12-7/h3-4,6H,2,5H2,1H3,(H,10,11)(H,12,14). The number of aromatic amines is 1. The topological polar surface area (TPSA) is 62.7 Å². The number of H-pyrrole nitrogens is 1. The molecule has 6 heteroatoms. The van der Waals surface area contributed by atoms with Crippen LogP contribution in [0.15, 0.2) is 22.6 Å². The van der Waals surface area contributed by atoms with Crippen LogP contribution in [0, 0.1) is 0 Å². The zero-order chi connectivity index (χ0) is 10.7. The first-order valence-corrected chi connectivity index (χ1v) is 5.59. The normalized spacial score (nSPS) is 10.5. The Morgan fingerprint density at radius 1 is 1.67 bits per heavy atom. The van der Waals surface area contributed by atoms with E-state index in [1.54, 1.807) is 6.20 Å². The summed E-state index contributed by atoms with van der Waals surface area (Å²) in [6.45, 7) is 3.53. The van der Waals surface area contributed by atoms with Gasteiger partial charge in [0.1, 0.15) is 0 Å². The van der Waals surface area contributed by atoms with Crippen LogP contribution >= 0.6 is 11.3 Å². The lowest BCUT2D eigenvalue weighted by atomic mass is 10.5. The first kappa shape index (κ1) is 9.97. The summed E-state index contributed by atoms with van der Waals surface area (Å²) in [6, 6.07) is 0. The van der Waals surface area contributed by atoms with Crippen molar-refractivity contribution in [2.24, 2.45) is 0 Å². The lowest BCUT2D eigenvalue weighted by molar-refractivity contribution is 0.762. The van der Waals surface area contributed by atoms with E-state index in [9.17, 15) is 4.79 Å². The maximum atomic E-state index is 10.9. The van der Waals surface area contributed by atoms with Gasteiger partial charge >= 0.3 is 4.87 Å². The van der Waals surface area contributed by atoms with Gasteiger partial charge in [0, 0.05) is 30.0 Å². The van der Waals surface area contributed by atoms with Gasteiger partial charge in [-0.2, -0.15) is 0 Å². The zero-order valence-corrected chi connectivity index (χ0v) is 9.17. The summed E-state index contributed by atoms with van der Waals surface area (Å²) >= 11 is 1.17. The van der Waals surface area contributed by atoms with Crippen LogP contribution in [0.25, 0.3) is 0 Å². The molecular weight excluding hydrogens is 212 g/mol. The van der Waals surface area contributed by atoms with Crippen molar-refractivity contribution >= 4 is 17.3 Å². The molecule has 2 aromatic rings. The van der Waals surface area contributed by atoms with E-state index in [2.05, 4.69) is 22.2 Å². The van der Waals surface area contributed by atoms with Gasteiger partial charge in [0.15, 0.2) is 0 Å². The Bertz CT molecular complexity index is 484. The van der Waals surface area contributed by atoms with Crippen LogP contribution in [0.5, 0.6) is 0 Å². The van der Waals surface area contributed by atoms with Gasteiger partial charge in [-0.05, 0) is 6.92 Å². The predicted octanol–water partition coefficient (Wildman–Crippen LogP) is 1.26. The van der Waals surface area contributed by atoms with Crippen molar-refractivity contribution in [2.75, 3.05) is 5.32 Å². The fourth-order valence-corrected chi connectivity index (χ4v) is 1.89. The number of nitrogens with zero attached hydrogens (tertiary/aromatic N) is 2. The van der Waals surface area contributed by atoms with E-state index >= 15 is 0 Å². The fraction of sp³-hybridized carbons (Fsp3) is 0.333. The average molecular weight is 224 g/mol. The Labute approximate surface area is 90.8 Å². The van der Waals surface area contributed by atoms with Crippen molar-refractivity contribution < 1.29 is 0 Å². The van der Waals surface area contributed by atoms with Gasteiger partial charge in [-0.15, -0.1) is 0 Å². The summed E-state index contributed by atoms with van der Waals surface area (Å²) in [5.41, 5.74) is 0.885. The second-order valence-electron chi connectivity index (χ2n) is 3.06. The van der Waals surface area contributed by atoms with Crippen LogP contribution in [0.1, 0.15) is 12.6 Å². The first-order chi connectivity index (χ1) is 7.29. The molecule has 0 bridgehead atoms. The number of rotatable bonds is 4. The molecule has 0 atom stereocenters. The van der Waals surface area contributed by atoms with E-state index in [1.165, 1.54) is 11.3 Å². The minimum absolute atomic E-state index is 0.0226. The van der Waals surface area contributed by atoms with E-state index in [1.807, 2.05) is 16.1 Å². The van der Waals surface area contributed by atoms with E-state index in [4.69, 9.17) is 0 Å². The highest BCUT2D eigenvalue weighted by Crippen LogP contribution is 2.05. The molecule has 0 saturated heterocycles. The average Bonchev–Trinajstić information content (AvgIpc) is 2.83. The van der Waals surface area contributed by atoms with Crippen LogP contribution < -0.4 is 10.2 Å². The molecule has 2 rings (SSSR count). The Morgan fingerprint density at radius 3 is 3.20 bits per heavy atom. The van der Waals surface area contributed by atoms with Gasteiger partial charge in [0.25, 0.3) is 0 Å². The Hall–Kier alpha value is -1.56. The highest BCUT2D eigenvalue weighted by Gasteiger charge is 2.01. The maximum Gasteiger partial charge on any atom is 0.304 e. The van der Waals surface area contributed by atoms with Crippen molar-refractivity contribution in [1.29, 1.82) is 0 Å². The number of hydrogen-bond acceptors (Lipinski definition) is 4. The monoisotopic (exact) mass is 224 g/mol. The molecule has 0 fully saturated rings. The highest BCUT2D eigenvalue weighted by atomic mass is 32.1. The van der Waals surface area contributed by atoms with Crippen LogP contribution in [-0.4, -0.2) is 14.5 Å². The molecule has 0 saturated carbocycles. The SMILES string of the molecule is CCn1ccnc1NCc1csc(=O)[nH]1. The molecule has 0 amide bonds. The third kappa shape index (κ3) is 2.27. The van der Waals surface area contributed by atoms with Gasteiger partial charge in [-0.3, -0.25) is 4.79 Å². The Kier molecular flexibility index (Phi) is 2.86. The van der Waals surface area contributed by atoms with Gasteiger partial charge in [0.2, 0.25) is 5.95 Å². The number of thiazole rings is 1. The molecule has 0 aliphatic carbocycles. The van der Waals surface area contributed by atoms with Gasteiger partial charge < -0.3 is 14.9 Å². The number of hydrogen-bond donors (Lipinski definition) is 2. The quantitative estimate of drug-likeness (QED) is 0.822. The van der Waals surface area contributed by atoms with Crippen molar-refractivity contribution in [3.63, 3.8) is 0 Å². The fourth-order valence-electron chi connectivity index (χ4n) is 1.31. The summed E-state index contributed by atoms with van der Waals surface area (Å²) in [7, 11) is 0. The number of anilines is 1. The zero-order valence-electron chi connectivity index (χ0n) is 8.36.